The van der Waals surface area contributed by atoms with Crippen LogP contribution in [0.4, 0.5) is 30.7 Å². The first-order valence-electron chi connectivity index (χ1n) is 5.46. The summed E-state index contributed by atoms with van der Waals surface area (Å²) in [5, 5.41) is 1.05. The minimum absolute atomic E-state index is 0.172. The molecular weight excluding hydrogens is 341 g/mol. The molecule has 0 aliphatic rings. The highest BCUT2D eigenvalue weighted by Gasteiger charge is 2.44. The fourth-order valence-electron chi connectivity index (χ4n) is 1.36. The van der Waals surface area contributed by atoms with Crippen LogP contribution in [-0.4, -0.2) is 21.9 Å². The van der Waals surface area contributed by atoms with E-state index in [0.29, 0.717) is 6.07 Å². The summed E-state index contributed by atoms with van der Waals surface area (Å²) >= 11 is -0.667. The summed E-state index contributed by atoms with van der Waals surface area (Å²) in [6, 6.07) is 3.71. The van der Waals surface area contributed by atoms with Gasteiger partial charge in [-0.05, 0) is 18.2 Å². The van der Waals surface area contributed by atoms with Crippen LogP contribution in [0.15, 0.2) is 33.9 Å². The van der Waals surface area contributed by atoms with Crippen molar-refractivity contribution >= 4 is 11.8 Å². The van der Waals surface area contributed by atoms with Gasteiger partial charge in [-0.2, -0.15) is 22.0 Å². The summed E-state index contributed by atoms with van der Waals surface area (Å²) in [5.74, 6) is -0.487. The number of nitrogens with zero attached hydrogens (tertiary/aromatic N) is 2. The molecule has 0 saturated heterocycles. The molecule has 1 aromatic carbocycles. The molecule has 0 radical (unpaired) electrons. The van der Waals surface area contributed by atoms with Crippen LogP contribution >= 0.6 is 11.8 Å². The van der Waals surface area contributed by atoms with Gasteiger partial charge in [-0.1, -0.05) is 6.07 Å². The average molecular weight is 346 g/mol. The van der Waals surface area contributed by atoms with E-state index < -0.39 is 46.3 Å². The second kappa shape index (κ2) is 5.78. The summed E-state index contributed by atoms with van der Waals surface area (Å²) in [7, 11) is 0. The Kier molecular flexibility index (Phi) is 4.36. The van der Waals surface area contributed by atoms with E-state index in [-0.39, 0.29) is 5.56 Å². The molecule has 0 aliphatic carbocycles. The number of benzene rings is 1. The van der Waals surface area contributed by atoms with Gasteiger partial charge in [0.05, 0.1) is 5.56 Å². The fraction of sp³-hybridized carbons (Fsp3) is 0.273. The zero-order chi connectivity index (χ0) is 16.5. The predicted molar refractivity (Wildman–Crippen MR) is 61.5 cm³/mol. The van der Waals surface area contributed by atoms with Crippen molar-refractivity contribution in [1.82, 2.24) is 10.2 Å². The number of rotatable bonds is 4. The second-order valence-corrected chi connectivity index (χ2v) is 5.01. The van der Waals surface area contributed by atoms with Crippen molar-refractivity contribution in [3.05, 3.63) is 29.8 Å². The number of hydrogen-bond donors (Lipinski definition) is 0. The second-order valence-electron chi connectivity index (χ2n) is 3.92. The van der Waals surface area contributed by atoms with Gasteiger partial charge in [0.2, 0.25) is 5.89 Å². The number of alkyl halides is 7. The van der Waals surface area contributed by atoms with E-state index in [1.807, 2.05) is 0 Å². The molecule has 0 atom stereocenters. The van der Waals surface area contributed by atoms with Crippen LogP contribution in [-0.2, 0) is 6.18 Å². The molecule has 0 aliphatic heterocycles. The molecule has 0 spiro atoms. The Morgan fingerprint density at radius 1 is 1.05 bits per heavy atom. The molecule has 1 aromatic heterocycles. The van der Waals surface area contributed by atoms with Crippen molar-refractivity contribution in [3.63, 3.8) is 0 Å². The largest absolute Gasteiger partial charge is 0.416 e. The number of thioether (sulfide) groups is 1. The van der Waals surface area contributed by atoms with Crippen LogP contribution < -0.4 is 0 Å². The van der Waals surface area contributed by atoms with Crippen molar-refractivity contribution in [2.75, 3.05) is 0 Å². The SMILES string of the molecule is FC(F)C(F)(F)Sc1nnc(-c2cccc(C(F)(F)F)c2)o1. The van der Waals surface area contributed by atoms with Crippen LogP contribution in [0.25, 0.3) is 11.5 Å². The minimum Gasteiger partial charge on any atom is -0.411 e. The Hall–Kier alpha value is -1.78. The molecule has 0 bridgehead atoms. The minimum atomic E-state index is -4.61. The first-order chi connectivity index (χ1) is 10.1. The zero-order valence-corrected chi connectivity index (χ0v) is 11.1. The van der Waals surface area contributed by atoms with Crippen LogP contribution in [0.2, 0.25) is 0 Å². The molecule has 0 N–H and O–H groups in total. The first-order valence-corrected chi connectivity index (χ1v) is 6.27. The van der Waals surface area contributed by atoms with Gasteiger partial charge < -0.3 is 4.42 Å². The van der Waals surface area contributed by atoms with Gasteiger partial charge in [-0.15, -0.1) is 10.2 Å². The topological polar surface area (TPSA) is 38.9 Å². The summed E-state index contributed by atoms with van der Waals surface area (Å²) in [5.41, 5.74) is -1.18. The Bertz CT molecular complexity index is 656. The van der Waals surface area contributed by atoms with Gasteiger partial charge in [0, 0.05) is 17.3 Å². The molecule has 2 aromatic rings. The normalized spacial score (nSPS) is 12.9. The molecule has 11 heteroatoms. The van der Waals surface area contributed by atoms with Gasteiger partial charge >= 0.3 is 17.9 Å². The third kappa shape index (κ3) is 3.70. The van der Waals surface area contributed by atoms with E-state index in [9.17, 15) is 30.7 Å². The van der Waals surface area contributed by atoms with E-state index in [0.717, 1.165) is 12.1 Å². The highest BCUT2D eigenvalue weighted by Crippen LogP contribution is 2.40. The van der Waals surface area contributed by atoms with Crippen molar-refractivity contribution in [2.45, 2.75) is 23.1 Å². The molecule has 0 saturated carbocycles. The van der Waals surface area contributed by atoms with Gasteiger partial charge in [-0.3, -0.25) is 0 Å². The van der Waals surface area contributed by atoms with Gasteiger partial charge in [-0.25, -0.2) is 8.78 Å². The highest BCUT2D eigenvalue weighted by atomic mass is 32.2. The third-order valence-electron chi connectivity index (χ3n) is 2.32. The Balaban J connectivity index is 2.25. The smallest absolute Gasteiger partial charge is 0.411 e. The van der Waals surface area contributed by atoms with E-state index in [1.165, 1.54) is 6.07 Å². The molecule has 3 nitrogen and oxygen atoms in total. The van der Waals surface area contributed by atoms with Crippen LogP contribution in [0, 0.1) is 0 Å². The molecule has 22 heavy (non-hydrogen) atoms. The summed E-state index contributed by atoms with van der Waals surface area (Å²) < 4.78 is 92.0. The highest BCUT2D eigenvalue weighted by molar-refractivity contribution is 8.00. The molecule has 0 fully saturated rings. The lowest BCUT2D eigenvalue weighted by atomic mass is 10.1. The van der Waals surface area contributed by atoms with Crippen LogP contribution in [0.3, 0.4) is 0 Å². The molecule has 0 unspecified atom stereocenters. The van der Waals surface area contributed by atoms with Crippen molar-refractivity contribution in [3.8, 4) is 11.5 Å². The summed E-state index contributed by atoms with van der Waals surface area (Å²) in [6.07, 6.45) is -8.57. The monoisotopic (exact) mass is 346 g/mol. The lowest BCUT2D eigenvalue weighted by molar-refractivity contribution is -0.137. The first kappa shape index (κ1) is 16.6. The molecule has 120 valence electrons. The Morgan fingerprint density at radius 3 is 2.32 bits per heavy atom. The van der Waals surface area contributed by atoms with E-state index in [1.54, 1.807) is 0 Å². The molecule has 2 rings (SSSR count). The summed E-state index contributed by atoms with van der Waals surface area (Å²) in [6.45, 7) is 0. The van der Waals surface area contributed by atoms with Gasteiger partial charge in [0.25, 0.3) is 5.22 Å². The Morgan fingerprint density at radius 2 is 1.73 bits per heavy atom. The molecular formula is C11H5F7N2OS. The fourth-order valence-corrected chi connectivity index (χ4v) is 1.88. The maximum Gasteiger partial charge on any atom is 0.416 e. The van der Waals surface area contributed by atoms with E-state index in [2.05, 4.69) is 14.6 Å². The summed E-state index contributed by atoms with van der Waals surface area (Å²) in [4.78, 5) is 0. The standard InChI is InChI=1S/C11H5F7N2OS/c12-8(13)11(17,18)22-9-20-19-7(21-9)5-2-1-3-6(4-5)10(14,15)16/h1-4,8H. The Labute approximate surface area is 122 Å². The lowest BCUT2D eigenvalue weighted by Gasteiger charge is -2.10. The van der Waals surface area contributed by atoms with Crippen LogP contribution in [0.5, 0.6) is 0 Å². The van der Waals surface area contributed by atoms with Gasteiger partial charge in [0.1, 0.15) is 0 Å². The van der Waals surface area contributed by atoms with Crippen molar-refractivity contribution in [2.24, 2.45) is 0 Å². The van der Waals surface area contributed by atoms with E-state index in [4.69, 9.17) is 0 Å². The van der Waals surface area contributed by atoms with Crippen molar-refractivity contribution < 1.29 is 35.2 Å². The zero-order valence-electron chi connectivity index (χ0n) is 10.2. The van der Waals surface area contributed by atoms with E-state index >= 15 is 0 Å². The quantitative estimate of drug-likeness (QED) is 0.594. The average Bonchev–Trinajstić information content (AvgIpc) is 2.85. The van der Waals surface area contributed by atoms with Crippen molar-refractivity contribution in [1.29, 1.82) is 0 Å². The predicted octanol–water partition coefficient (Wildman–Crippen LogP) is 4.71. The molecule has 0 amide bonds. The number of aromatic nitrogens is 2. The third-order valence-corrected chi connectivity index (χ3v) is 3.11. The maximum atomic E-state index is 12.8. The van der Waals surface area contributed by atoms with Crippen LogP contribution in [0.1, 0.15) is 5.56 Å². The van der Waals surface area contributed by atoms with Gasteiger partial charge in [0.15, 0.2) is 0 Å². The number of halogens is 7. The number of hydrogen-bond acceptors (Lipinski definition) is 4. The lowest BCUT2D eigenvalue weighted by Crippen LogP contribution is -2.21. The maximum absolute atomic E-state index is 12.8. The molecule has 1 heterocycles.